The van der Waals surface area contributed by atoms with Crippen LogP contribution >= 0.6 is 11.6 Å². The summed E-state index contributed by atoms with van der Waals surface area (Å²) in [5.41, 5.74) is 9.57. The highest BCUT2D eigenvalue weighted by Gasteiger charge is 2.21. The molecule has 4 heteroatoms. The van der Waals surface area contributed by atoms with E-state index in [9.17, 15) is 4.79 Å². The third-order valence-corrected chi connectivity index (χ3v) is 4.18. The van der Waals surface area contributed by atoms with Gasteiger partial charge in [-0.05, 0) is 53.8 Å². The van der Waals surface area contributed by atoms with E-state index in [-0.39, 0.29) is 0 Å². The molecule has 3 rings (SSSR count). The van der Waals surface area contributed by atoms with Crippen LogP contribution in [0.25, 0.3) is 0 Å². The Morgan fingerprint density at radius 1 is 1.29 bits per heavy atom. The molecule has 1 unspecified atom stereocenters. The molecule has 0 radical (unpaired) electrons. The molecule has 0 aromatic heterocycles. The quantitative estimate of drug-likeness (QED) is 0.911. The fourth-order valence-electron chi connectivity index (χ4n) is 2.87. The van der Waals surface area contributed by atoms with Gasteiger partial charge in [-0.25, -0.2) is 0 Å². The van der Waals surface area contributed by atoms with Crippen molar-refractivity contribution in [1.29, 1.82) is 0 Å². The van der Waals surface area contributed by atoms with Gasteiger partial charge in [-0.1, -0.05) is 29.8 Å². The van der Waals surface area contributed by atoms with Crippen molar-refractivity contribution in [3.8, 4) is 0 Å². The monoisotopic (exact) mass is 300 g/mol. The van der Waals surface area contributed by atoms with Gasteiger partial charge in [0.2, 0.25) is 5.91 Å². The summed E-state index contributed by atoms with van der Waals surface area (Å²) in [7, 11) is 0. The molecule has 3 nitrogen and oxygen atoms in total. The maximum absolute atomic E-state index is 11.2. The van der Waals surface area contributed by atoms with Gasteiger partial charge in [0.25, 0.3) is 0 Å². The Labute approximate surface area is 129 Å². The number of nitrogens with two attached hydrogens (primary N) is 1. The standard InChI is InChI=1S/C17H17ClN2O/c18-14-5-6-15-12(9-14)4-7-16(15)20-10-11-2-1-3-13(8-11)17(19)21/h1-3,5-6,8-9,16,20H,4,7,10H2,(H2,19,21). The first-order valence-corrected chi connectivity index (χ1v) is 7.42. The number of carbonyl (C=O) groups is 1. The van der Waals surface area contributed by atoms with Crippen molar-refractivity contribution in [2.45, 2.75) is 25.4 Å². The van der Waals surface area contributed by atoms with Crippen molar-refractivity contribution in [2.75, 3.05) is 0 Å². The zero-order chi connectivity index (χ0) is 14.8. The zero-order valence-corrected chi connectivity index (χ0v) is 12.4. The molecule has 1 aliphatic rings. The van der Waals surface area contributed by atoms with Gasteiger partial charge in [-0.3, -0.25) is 4.79 Å². The molecule has 21 heavy (non-hydrogen) atoms. The molecular formula is C17H17ClN2O. The Bertz CT molecular complexity index is 684. The molecule has 0 saturated carbocycles. The number of aryl methyl sites for hydroxylation is 1. The van der Waals surface area contributed by atoms with E-state index in [0.29, 0.717) is 18.2 Å². The highest BCUT2D eigenvalue weighted by molar-refractivity contribution is 6.30. The molecule has 0 saturated heterocycles. The Morgan fingerprint density at radius 3 is 2.95 bits per heavy atom. The summed E-state index contributed by atoms with van der Waals surface area (Å²) in [5.74, 6) is -0.391. The molecule has 0 spiro atoms. The smallest absolute Gasteiger partial charge is 0.248 e. The lowest BCUT2D eigenvalue weighted by atomic mass is 10.1. The van der Waals surface area contributed by atoms with Gasteiger partial charge in [-0.15, -0.1) is 0 Å². The molecule has 1 aliphatic carbocycles. The first-order valence-electron chi connectivity index (χ1n) is 7.04. The Morgan fingerprint density at radius 2 is 2.14 bits per heavy atom. The summed E-state index contributed by atoms with van der Waals surface area (Å²) >= 11 is 6.03. The molecule has 1 atom stereocenters. The lowest BCUT2D eigenvalue weighted by molar-refractivity contribution is 0.1000. The van der Waals surface area contributed by atoms with Crippen LogP contribution in [-0.2, 0) is 13.0 Å². The summed E-state index contributed by atoms with van der Waals surface area (Å²) in [4.78, 5) is 11.2. The average Bonchev–Trinajstić information content (AvgIpc) is 2.87. The van der Waals surface area contributed by atoms with Crippen LogP contribution in [-0.4, -0.2) is 5.91 Å². The van der Waals surface area contributed by atoms with E-state index in [0.717, 1.165) is 23.4 Å². The molecule has 0 bridgehead atoms. The van der Waals surface area contributed by atoms with Crippen molar-refractivity contribution < 1.29 is 4.79 Å². The maximum Gasteiger partial charge on any atom is 0.248 e. The summed E-state index contributed by atoms with van der Waals surface area (Å²) in [6.07, 6.45) is 2.13. The van der Waals surface area contributed by atoms with E-state index in [1.165, 1.54) is 11.1 Å². The van der Waals surface area contributed by atoms with Gasteiger partial charge in [0.15, 0.2) is 0 Å². The van der Waals surface area contributed by atoms with Gasteiger partial charge in [-0.2, -0.15) is 0 Å². The van der Waals surface area contributed by atoms with E-state index in [1.54, 1.807) is 6.07 Å². The molecule has 2 aromatic carbocycles. The van der Waals surface area contributed by atoms with Crippen LogP contribution in [0.3, 0.4) is 0 Å². The number of amides is 1. The summed E-state index contributed by atoms with van der Waals surface area (Å²) in [6, 6.07) is 13.9. The first kappa shape index (κ1) is 14.1. The number of hydrogen-bond acceptors (Lipinski definition) is 2. The van der Waals surface area contributed by atoms with Crippen LogP contribution in [0, 0.1) is 0 Å². The number of nitrogens with one attached hydrogen (secondary N) is 1. The Kier molecular flexibility index (Phi) is 3.95. The van der Waals surface area contributed by atoms with Crippen LogP contribution in [0.15, 0.2) is 42.5 Å². The lowest BCUT2D eigenvalue weighted by Gasteiger charge is -2.14. The predicted molar refractivity (Wildman–Crippen MR) is 84.3 cm³/mol. The Hall–Kier alpha value is -1.84. The molecule has 0 fully saturated rings. The number of hydrogen-bond donors (Lipinski definition) is 2. The molecule has 2 aromatic rings. The van der Waals surface area contributed by atoms with Gasteiger partial charge < -0.3 is 11.1 Å². The molecule has 3 N–H and O–H groups in total. The topological polar surface area (TPSA) is 55.1 Å². The fraction of sp³-hybridized carbons (Fsp3) is 0.235. The largest absolute Gasteiger partial charge is 0.366 e. The van der Waals surface area contributed by atoms with Gasteiger partial charge in [0, 0.05) is 23.2 Å². The minimum atomic E-state index is -0.391. The van der Waals surface area contributed by atoms with Crippen LogP contribution in [0.1, 0.15) is 39.5 Å². The van der Waals surface area contributed by atoms with Crippen LogP contribution in [0.4, 0.5) is 0 Å². The van der Waals surface area contributed by atoms with E-state index in [1.807, 2.05) is 30.3 Å². The van der Waals surface area contributed by atoms with E-state index >= 15 is 0 Å². The van der Waals surface area contributed by atoms with Crippen molar-refractivity contribution in [1.82, 2.24) is 5.32 Å². The van der Waals surface area contributed by atoms with Gasteiger partial charge in [0.05, 0.1) is 0 Å². The third-order valence-electron chi connectivity index (χ3n) is 3.95. The second-order valence-electron chi connectivity index (χ2n) is 5.38. The van der Waals surface area contributed by atoms with E-state index in [4.69, 9.17) is 17.3 Å². The molecule has 108 valence electrons. The second-order valence-corrected chi connectivity index (χ2v) is 5.82. The van der Waals surface area contributed by atoms with E-state index < -0.39 is 5.91 Å². The maximum atomic E-state index is 11.2. The van der Waals surface area contributed by atoms with Crippen molar-refractivity contribution in [3.63, 3.8) is 0 Å². The predicted octanol–water partition coefficient (Wildman–Crippen LogP) is 3.22. The zero-order valence-electron chi connectivity index (χ0n) is 11.6. The molecule has 0 heterocycles. The van der Waals surface area contributed by atoms with Crippen molar-refractivity contribution >= 4 is 17.5 Å². The van der Waals surface area contributed by atoms with Crippen LogP contribution in [0.2, 0.25) is 5.02 Å². The number of carbonyl (C=O) groups excluding carboxylic acids is 1. The summed E-state index contributed by atoms with van der Waals surface area (Å²) in [5, 5.41) is 4.34. The SMILES string of the molecule is NC(=O)c1cccc(CNC2CCc3cc(Cl)ccc32)c1. The third kappa shape index (κ3) is 3.09. The highest BCUT2D eigenvalue weighted by atomic mass is 35.5. The normalized spacial score (nSPS) is 16.7. The minimum Gasteiger partial charge on any atom is -0.366 e. The first-order chi connectivity index (χ1) is 10.1. The number of rotatable bonds is 4. The molecular weight excluding hydrogens is 284 g/mol. The Balaban J connectivity index is 1.70. The molecule has 0 aliphatic heterocycles. The average molecular weight is 301 g/mol. The van der Waals surface area contributed by atoms with Gasteiger partial charge >= 0.3 is 0 Å². The minimum absolute atomic E-state index is 0.342. The number of fused-ring (bicyclic) bond motifs is 1. The summed E-state index contributed by atoms with van der Waals surface area (Å²) < 4.78 is 0. The van der Waals surface area contributed by atoms with Gasteiger partial charge in [0.1, 0.15) is 0 Å². The second kappa shape index (κ2) is 5.88. The summed E-state index contributed by atoms with van der Waals surface area (Å²) in [6.45, 7) is 0.716. The van der Waals surface area contributed by atoms with Crippen LogP contribution in [0.5, 0.6) is 0 Å². The van der Waals surface area contributed by atoms with Crippen molar-refractivity contribution in [3.05, 3.63) is 69.7 Å². The van der Waals surface area contributed by atoms with Crippen molar-refractivity contribution in [2.24, 2.45) is 5.73 Å². The molecule has 1 amide bonds. The fourth-order valence-corrected chi connectivity index (χ4v) is 3.07. The van der Waals surface area contributed by atoms with E-state index in [2.05, 4.69) is 11.4 Å². The lowest BCUT2D eigenvalue weighted by Crippen LogP contribution is -2.19. The highest BCUT2D eigenvalue weighted by Crippen LogP contribution is 2.33. The number of benzene rings is 2. The van der Waals surface area contributed by atoms with Crippen LogP contribution < -0.4 is 11.1 Å². The number of halogens is 1. The number of primary amides is 1.